The Hall–Kier alpha value is -0.581. The molecule has 0 atom stereocenters. The molecule has 0 aliphatic carbocycles. The zero-order chi connectivity index (χ0) is 8.27. The Kier molecular flexibility index (Phi) is 2.87. The van der Waals surface area contributed by atoms with Crippen molar-refractivity contribution in [1.82, 2.24) is 0 Å². The average molecular weight is 256 g/mol. The van der Waals surface area contributed by atoms with Crippen molar-refractivity contribution in [2.45, 2.75) is 4.44 Å². The van der Waals surface area contributed by atoms with Gasteiger partial charge in [-0.25, -0.2) is 0 Å². The van der Waals surface area contributed by atoms with Gasteiger partial charge >= 0.3 is 77.5 Å². The van der Waals surface area contributed by atoms with Crippen molar-refractivity contribution in [1.29, 1.82) is 0 Å². The third kappa shape index (κ3) is 1.92. The summed E-state index contributed by atoms with van der Waals surface area (Å²) in [6.45, 7) is 0. The second kappa shape index (κ2) is 3.71. The third-order valence-corrected chi connectivity index (χ3v) is 2.66. The molecule has 1 aromatic carbocycles. The van der Waals surface area contributed by atoms with E-state index in [0.717, 1.165) is 32.5 Å². The maximum absolute atomic E-state index is 10.4. The summed E-state index contributed by atoms with van der Waals surface area (Å²) in [4.78, 5) is 10.1. The van der Waals surface area contributed by atoms with Crippen molar-refractivity contribution in [2.75, 3.05) is 0 Å². The van der Waals surface area contributed by atoms with Crippen molar-refractivity contribution in [3.05, 3.63) is 39.9 Å². The van der Waals surface area contributed by atoms with Crippen LogP contribution in [0.3, 0.4) is 0 Å². The Morgan fingerprint density at radius 1 is 1.45 bits per heavy atom. The number of rotatable bonds is 2. The van der Waals surface area contributed by atoms with E-state index in [9.17, 15) is 10.1 Å². The molecule has 0 saturated carbocycles. The molecule has 0 saturated heterocycles. The zero-order valence-corrected chi connectivity index (χ0v) is 9.15. The van der Waals surface area contributed by atoms with Crippen LogP contribution in [0.15, 0.2) is 24.3 Å². The van der Waals surface area contributed by atoms with Crippen LogP contribution >= 0.6 is 0 Å². The van der Waals surface area contributed by atoms with Crippen LogP contribution in [-0.4, -0.2) is 27.4 Å². The normalized spacial score (nSPS) is 9.55. The second-order valence-corrected chi connectivity index (χ2v) is 3.26. The van der Waals surface area contributed by atoms with Crippen LogP contribution in [0.25, 0.3) is 0 Å². The molecule has 0 N–H and O–H groups in total. The molecular weight excluding hydrogens is 249 g/mol. The summed E-state index contributed by atoms with van der Waals surface area (Å²) in [5.74, 6) is 0. The van der Waals surface area contributed by atoms with Crippen LogP contribution in [0.5, 0.6) is 0 Å². The van der Waals surface area contributed by atoms with E-state index in [1.165, 1.54) is 0 Å². The Balaban J connectivity index is 3.12. The molecule has 0 aromatic heterocycles. The van der Waals surface area contributed by atoms with Crippen molar-refractivity contribution in [2.24, 2.45) is 0 Å². The van der Waals surface area contributed by atoms with Gasteiger partial charge in [0.2, 0.25) is 0 Å². The van der Waals surface area contributed by atoms with E-state index in [1.807, 2.05) is 12.1 Å². The first-order chi connectivity index (χ1) is 5.25. The summed E-state index contributed by atoms with van der Waals surface area (Å²) in [5, 5.41) is 10.4. The Labute approximate surface area is 77.7 Å². The molecule has 1 aromatic rings. The van der Waals surface area contributed by atoms with Crippen molar-refractivity contribution < 1.29 is 4.92 Å². The number of nitro groups is 1. The van der Waals surface area contributed by atoms with Gasteiger partial charge in [-0.05, 0) is 0 Å². The topological polar surface area (TPSA) is 43.1 Å². The average Bonchev–Trinajstić information content (AvgIpc) is 2.04. The van der Waals surface area contributed by atoms with E-state index in [4.69, 9.17) is 0 Å². The van der Waals surface area contributed by atoms with E-state index < -0.39 is 0 Å². The standard InChI is InChI=1S/C7H6NO2.Sn.H/c1-6-4-2-3-5-7(6)8(9)10;;/h2-5H,1H2;;. The quantitative estimate of drug-likeness (QED) is 0.450. The van der Waals surface area contributed by atoms with Gasteiger partial charge in [0, 0.05) is 0 Å². The van der Waals surface area contributed by atoms with Gasteiger partial charge in [0.05, 0.1) is 0 Å². The number of nitrogens with zero attached hydrogens (tertiary/aromatic N) is 1. The molecule has 0 unspecified atom stereocenters. The van der Waals surface area contributed by atoms with Gasteiger partial charge < -0.3 is 0 Å². The molecule has 0 aliphatic rings. The predicted octanol–water partition coefficient (Wildman–Crippen LogP) is 0.996. The summed E-state index contributed by atoms with van der Waals surface area (Å²) in [7, 11) is 0. The number of benzene rings is 1. The molecule has 1 rings (SSSR count). The fourth-order valence-electron chi connectivity index (χ4n) is 0.862. The van der Waals surface area contributed by atoms with Crippen molar-refractivity contribution >= 4 is 28.2 Å². The fourth-order valence-corrected chi connectivity index (χ4v) is 1.85. The molecule has 0 fully saturated rings. The summed E-state index contributed by atoms with van der Waals surface area (Å²) in [6, 6.07) is 6.88. The zero-order valence-electron chi connectivity index (χ0n) is 5.86. The minimum absolute atomic E-state index is 0.250. The van der Waals surface area contributed by atoms with Crippen LogP contribution in [0.2, 0.25) is 0 Å². The third-order valence-electron chi connectivity index (χ3n) is 1.41. The molecule has 4 heteroatoms. The minimum atomic E-state index is -0.328. The Bertz CT molecular complexity index is 275. The van der Waals surface area contributed by atoms with Gasteiger partial charge in [-0.3, -0.25) is 0 Å². The van der Waals surface area contributed by atoms with Crippen LogP contribution < -0.4 is 0 Å². The summed E-state index contributed by atoms with van der Waals surface area (Å²) >= 11 is 1.03. The van der Waals surface area contributed by atoms with E-state index in [1.54, 1.807) is 12.1 Å². The monoisotopic (exact) mass is 257 g/mol. The van der Waals surface area contributed by atoms with Crippen LogP contribution in [0.4, 0.5) is 5.69 Å². The van der Waals surface area contributed by atoms with Gasteiger partial charge in [0.25, 0.3) is 0 Å². The molecule has 3 nitrogen and oxygen atoms in total. The number of para-hydroxylation sites is 1. The molecular formula is C7H7NO2Sn. The van der Waals surface area contributed by atoms with Gasteiger partial charge in [0.1, 0.15) is 0 Å². The molecule has 0 aliphatic heterocycles. The molecule has 0 heterocycles. The SMILES string of the molecule is O=[N+]([O-])c1ccccc1[CH2][SnH]. The van der Waals surface area contributed by atoms with Crippen molar-refractivity contribution in [3.63, 3.8) is 0 Å². The van der Waals surface area contributed by atoms with Gasteiger partial charge in [-0.15, -0.1) is 0 Å². The summed E-state index contributed by atoms with van der Waals surface area (Å²) in [6.07, 6.45) is 0. The summed E-state index contributed by atoms with van der Waals surface area (Å²) in [5.41, 5.74) is 1.10. The van der Waals surface area contributed by atoms with Crippen LogP contribution in [0.1, 0.15) is 5.56 Å². The van der Waals surface area contributed by atoms with Crippen molar-refractivity contribution in [3.8, 4) is 0 Å². The van der Waals surface area contributed by atoms with E-state index in [-0.39, 0.29) is 10.6 Å². The maximum atomic E-state index is 10.4. The molecule has 0 bridgehead atoms. The summed E-state index contributed by atoms with van der Waals surface area (Å²) < 4.78 is 0.836. The Morgan fingerprint density at radius 2 is 2.09 bits per heavy atom. The van der Waals surface area contributed by atoms with Gasteiger partial charge in [0.15, 0.2) is 0 Å². The van der Waals surface area contributed by atoms with E-state index in [2.05, 4.69) is 0 Å². The molecule has 2 radical (unpaired) electrons. The molecule has 0 spiro atoms. The van der Waals surface area contributed by atoms with E-state index >= 15 is 0 Å². The first-order valence-electron chi connectivity index (χ1n) is 3.18. The van der Waals surface area contributed by atoms with Gasteiger partial charge in [-0.1, -0.05) is 0 Å². The fraction of sp³-hybridized carbons (Fsp3) is 0.143. The van der Waals surface area contributed by atoms with Gasteiger partial charge in [-0.2, -0.15) is 0 Å². The van der Waals surface area contributed by atoms with E-state index in [0.29, 0.717) is 0 Å². The first-order valence-corrected chi connectivity index (χ1v) is 5.51. The molecule has 11 heavy (non-hydrogen) atoms. The molecule has 56 valence electrons. The second-order valence-electron chi connectivity index (χ2n) is 2.09. The van der Waals surface area contributed by atoms with Crippen LogP contribution in [0, 0.1) is 10.1 Å². The first kappa shape index (κ1) is 8.51. The number of hydrogen-bond donors (Lipinski definition) is 0. The number of nitro benzene ring substituents is 1. The van der Waals surface area contributed by atoms with Crippen LogP contribution in [-0.2, 0) is 4.44 Å². The number of hydrogen-bond acceptors (Lipinski definition) is 2. The Morgan fingerprint density at radius 3 is 2.55 bits per heavy atom. The predicted molar refractivity (Wildman–Crippen MR) is 43.9 cm³/mol. The molecule has 0 amide bonds.